The van der Waals surface area contributed by atoms with Crippen molar-refractivity contribution in [2.75, 3.05) is 26.3 Å². The molecule has 0 unspecified atom stereocenters. The maximum atomic E-state index is 11.3. The second-order valence-electron chi connectivity index (χ2n) is 5.25. The molecule has 0 aromatic carbocycles. The highest BCUT2D eigenvalue weighted by atomic mass is 16.5. The molecule has 0 spiro atoms. The van der Waals surface area contributed by atoms with Crippen molar-refractivity contribution in [1.82, 2.24) is 4.90 Å². The van der Waals surface area contributed by atoms with Crippen LogP contribution in [0.25, 0.3) is 0 Å². The summed E-state index contributed by atoms with van der Waals surface area (Å²) in [6.07, 6.45) is 6.37. The molecule has 2 fully saturated rings. The van der Waals surface area contributed by atoms with E-state index in [4.69, 9.17) is 4.74 Å². The van der Waals surface area contributed by atoms with E-state index in [0.717, 1.165) is 58.4 Å². The minimum atomic E-state index is -0.640. The summed E-state index contributed by atoms with van der Waals surface area (Å²) in [4.78, 5) is 13.5. The molecule has 1 N–H and O–H groups in total. The fourth-order valence-corrected chi connectivity index (χ4v) is 2.93. The topological polar surface area (TPSA) is 49.8 Å². The molecular formula is C13H23NO3. The van der Waals surface area contributed by atoms with Gasteiger partial charge in [-0.1, -0.05) is 12.8 Å². The molecule has 4 heteroatoms. The van der Waals surface area contributed by atoms with Crippen LogP contribution in [0.4, 0.5) is 0 Å². The fraction of sp³-hybridized carbons (Fsp3) is 0.923. The smallest absolute Gasteiger partial charge is 0.320 e. The van der Waals surface area contributed by atoms with E-state index >= 15 is 0 Å². The van der Waals surface area contributed by atoms with Gasteiger partial charge in [0.1, 0.15) is 6.04 Å². The molecule has 0 radical (unpaired) electrons. The van der Waals surface area contributed by atoms with Gasteiger partial charge >= 0.3 is 5.97 Å². The van der Waals surface area contributed by atoms with Crippen molar-refractivity contribution in [2.45, 2.75) is 44.6 Å². The molecule has 0 amide bonds. The standard InChI is InChI=1S/C13H23NO3/c15-13(16)12-4-2-1-3-7-14(12)10-11-5-8-17-9-6-11/h11-12H,1-10H2,(H,15,16)/t12-/m0/s1. The Labute approximate surface area is 103 Å². The first-order valence-electron chi connectivity index (χ1n) is 6.82. The van der Waals surface area contributed by atoms with Gasteiger partial charge in [-0.15, -0.1) is 0 Å². The third kappa shape index (κ3) is 3.68. The predicted molar refractivity (Wildman–Crippen MR) is 65.0 cm³/mol. The average molecular weight is 241 g/mol. The lowest BCUT2D eigenvalue weighted by Gasteiger charge is -2.32. The zero-order valence-electron chi connectivity index (χ0n) is 10.4. The van der Waals surface area contributed by atoms with Crippen LogP contribution >= 0.6 is 0 Å². The molecule has 4 nitrogen and oxygen atoms in total. The van der Waals surface area contributed by atoms with Crippen LogP contribution in [0, 0.1) is 5.92 Å². The second kappa shape index (κ2) is 6.36. The van der Waals surface area contributed by atoms with Gasteiger partial charge in [0.15, 0.2) is 0 Å². The van der Waals surface area contributed by atoms with Crippen molar-refractivity contribution >= 4 is 5.97 Å². The molecule has 0 aliphatic carbocycles. The summed E-state index contributed by atoms with van der Waals surface area (Å²) in [7, 11) is 0. The summed E-state index contributed by atoms with van der Waals surface area (Å²) in [6.45, 7) is 3.58. The number of ether oxygens (including phenoxy) is 1. The van der Waals surface area contributed by atoms with Gasteiger partial charge in [0.2, 0.25) is 0 Å². The fourth-order valence-electron chi connectivity index (χ4n) is 2.93. The van der Waals surface area contributed by atoms with E-state index in [0.29, 0.717) is 5.92 Å². The average Bonchev–Trinajstić information content (AvgIpc) is 2.56. The largest absolute Gasteiger partial charge is 0.480 e. The van der Waals surface area contributed by atoms with Crippen molar-refractivity contribution in [2.24, 2.45) is 5.92 Å². The Bertz CT molecular complexity index is 251. The number of likely N-dealkylation sites (tertiary alicyclic amines) is 1. The summed E-state index contributed by atoms with van der Waals surface area (Å²) < 4.78 is 5.35. The van der Waals surface area contributed by atoms with Crippen molar-refractivity contribution in [3.05, 3.63) is 0 Å². The van der Waals surface area contributed by atoms with Gasteiger partial charge in [-0.25, -0.2) is 0 Å². The minimum absolute atomic E-state index is 0.250. The highest BCUT2D eigenvalue weighted by Crippen LogP contribution is 2.22. The molecule has 0 aromatic rings. The van der Waals surface area contributed by atoms with Crippen LogP contribution in [0.3, 0.4) is 0 Å². The Morgan fingerprint density at radius 3 is 2.65 bits per heavy atom. The predicted octanol–water partition coefficient (Wildman–Crippen LogP) is 1.74. The number of aliphatic carboxylic acids is 1. The summed E-state index contributed by atoms with van der Waals surface area (Å²) in [5.41, 5.74) is 0. The number of nitrogens with zero attached hydrogens (tertiary/aromatic N) is 1. The quantitative estimate of drug-likeness (QED) is 0.817. The van der Waals surface area contributed by atoms with Gasteiger partial charge in [-0.2, -0.15) is 0 Å². The summed E-state index contributed by atoms with van der Waals surface area (Å²) in [6, 6.07) is -0.250. The molecule has 2 heterocycles. The number of hydrogen-bond acceptors (Lipinski definition) is 3. The van der Waals surface area contributed by atoms with E-state index in [9.17, 15) is 9.90 Å². The first-order chi connectivity index (χ1) is 8.27. The zero-order chi connectivity index (χ0) is 12.1. The number of rotatable bonds is 3. The molecule has 0 aromatic heterocycles. The van der Waals surface area contributed by atoms with Gasteiger partial charge in [-0.05, 0) is 38.1 Å². The molecule has 2 aliphatic heterocycles. The number of hydrogen-bond donors (Lipinski definition) is 1. The van der Waals surface area contributed by atoms with E-state index in [2.05, 4.69) is 4.90 Å². The molecule has 2 saturated heterocycles. The Morgan fingerprint density at radius 1 is 1.18 bits per heavy atom. The lowest BCUT2D eigenvalue weighted by molar-refractivity contribution is -0.143. The summed E-state index contributed by atoms with van der Waals surface area (Å²) >= 11 is 0. The Kier molecular flexibility index (Phi) is 4.80. The van der Waals surface area contributed by atoms with Gasteiger partial charge in [-0.3, -0.25) is 9.69 Å². The summed E-state index contributed by atoms with van der Waals surface area (Å²) in [5.74, 6) is -0.0114. The Balaban J connectivity index is 1.91. The van der Waals surface area contributed by atoms with Gasteiger partial charge in [0.25, 0.3) is 0 Å². The SMILES string of the molecule is O=C(O)[C@@H]1CCCCCN1CC1CCOCC1. The van der Waals surface area contributed by atoms with E-state index in [1.54, 1.807) is 0 Å². The minimum Gasteiger partial charge on any atom is -0.480 e. The van der Waals surface area contributed by atoms with E-state index < -0.39 is 5.97 Å². The highest BCUT2D eigenvalue weighted by Gasteiger charge is 2.29. The van der Waals surface area contributed by atoms with E-state index in [1.165, 1.54) is 6.42 Å². The van der Waals surface area contributed by atoms with Gasteiger partial charge in [0, 0.05) is 19.8 Å². The van der Waals surface area contributed by atoms with Crippen molar-refractivity contribution in [3.8, 4) is 0 Å². The molecule has 2 rings (SSSR count). The maximum absolute atomic E-state index is 11.3. The normalized spacial score (nSPS) is 28.8. The van der Waals surface area contributed by atoms with Crippen molar-refractivity contribution < 1.29 is 14.6 Å². The molecule has 1 atom stereocenters. The molecule has 0 bridgehead atoms. The van der Waals surface area contributed by atoms with Gasteiger partial charge < -0.3 is 9.84 Å². The monoisotopic (exact) mass is 241 g/mol. The van der Waals surface area contributed by atoms with Crippen LogP contribution in [-0.2, 0) is 9.53 Å². The number of carboxylic acids is 1. The zero-order valence-corrected chi connectivity index (χ0v) is 10.4. The molecular weight excluding hydrogens is 218 g/mol. The highest BCUT2D eigenvalue weighted by molar-refractivity contribution is 5.73. The van der Waals surface area contributed by atoms with Crippen molar-refractivity contribution in [3.63, 3.8) is 0 Å². The van der Waals surface area contributed by atoms with E-state index in [-0.39, 0.29) is 6.04 Å². The molecule has 2 aliphatic rings. The number of carbonyl (C=O) groups is 1. The van der Waals surface area contributed by atoms with Crippen LogP contribution in [0.2, 0.25) is 0 Å². The van der Waals surface area contributed by atoms with Crippen LogP contribution in [0.1, 0.15) is 38.5 Å². The Morgan fingerprint density at radius 2 is 1.94 bits per heavy atom. The van der Waals surface area contributed by atoms with Gasteiger partial charge in [0.05, 0.1) is 0 Å². The molecule has 98 valence electrons. The van der Waals surface area contributed by atoms with Crippen molar-refractivity contribution in [1.29, 1.82) is 0 Å². The maximum Gasteiger partial charge on any atom is 0.320 e. The third-order valence-electron chi connectivity index (χ3n) is 3.98. The van der Waals surface area contributed by atoms with Crippen LogP contribution in [0.15, 0.2) is 0 Å². The van der Waals surface area contributed by atoms with Crippen LogP contribution in [0.5, 0.6) is 0 Å². The van der Waals surface area contributed by atoms with Crippen LogP contribution < -0.4 is 0 Å². The Hall–Kier alpha value is -0.610. The third-order valence-corrected chi connectivity index (χ3v) is 3.98. The molecule has 0 saturated carbocycles. The first-order valence-corrected chi connectivity index (χ1v) is 6.82. The first kappa shape index (κ1) is 12.8. The molecule has 17 heavy (non-hydrogen) atoms. The number of carboxylic acid groups (broad SMARTS) is 1. The lowest BCUT2D eigenvalue weighted by Crippen LogP contribution is -2.44. The van der Waals surface area contributed by atoms with Crippen LogP contribution in [-0.4, -0.2) is 48.3 Å². The second-order valence-corrected chi connectivity index (χ2v) is 5.25. The lowest BCUT2D eigenvalue weighted by atomic mass is 9.98. The summed E-state index contributed by atoms with van der Waals surface area (Å²) in [5, 5.41) is 9.30. The van der Waals surface area contributed by atoms with E-state index in [1.807, 2.05) is 0 Å².